The van der Waals surface area contributed by atoms with E-state index in [0.717, 1.165) is 0 Å². The predicted molar refractivity (Wildman–Crippen MR) is 27.2 cm³/mol. The van der Waals surface area contributed by atoms with Gasteiger partial charge in [0.05, 0.1) is 0 Å². The Kier molecular flexibility index (Phi) is 4.19. The van der Waals surface area contributed by atoms with Crippen LogP contribution in [-0.2, 0) is 20.1 Å². The van der Waals surface area contributed by atoms with E-state index in [-0.39, 0.29) is 5.82 Å². The Balaban J connectivity index is 3.60. The van der Waals surface area contributed by atoms with E-state index >= 15 is 0 Å². The van der Waals surface area contributed by atoms with Gasteiger partial charge in [0.2, 0.25) is 0 Å². The van der Waals surface area contributed by atoms with Gasteiger partial charge in [-0.2, -0.15) is 0 Å². The molecule has 0 aromatic carbocycles. The number of hydrogen-bond acceptors (Lipinski definition) is 2. The molecule has 3 nitrogen and oxygen atoms in total. The van der Waals surface area contributed by atoms with Crippen molar-refractivity contribution in [2.75, 3.05) is 0 Å². The van der Waals surface area contributed by atoms with Gasteiger partial charge in [-0.25, -0.2) is 0 Å². The first-order valence-electron chi connectivity index (χ1n) is 1.81. The SMILES string of the molecule is N/C(=C/[CH]=[Co])N[C-]=O. The molecule has 0 radical (unpaired) electrons. The second kappa shape index (κ2) is 4.54. The van der Waals surface area contributed by atoms with Crippen molar-refractivity contribution in [1.29, 1.82) is 0 Å². The maximum absolute atomic E-state index is 9.49. The number of hydrogen-bond donors (Lipinski definition) is 2. The fourth-order valence-electron chi connectivity index (χ4n) is 0.160. The molecule has 0 rings (SSSR count). The molecular formula is C4H5CoN2O-. The number of allylic oxidation sites excluding steroid dienone is 1. The molecule has 0 unspecified atom stereocenters. The molecule has 0 saturated heterocycles. The van der Waals surface area contributed by atoms with E-state index in [1.807, 2.05) is 0 Å². The first kappa shape index (κ1) is 7.39. The van der Waals surface area contributed by atoms with Crippen molar-refractivity contribution in [2.45, 2.75) is 0 Å². The van der Waals surface area contributed by atoms with Gasteiger partial charge in [0.15, 0.2) is 0 Å². The van der Waals surface area contributed by atoms with Gasteiger partial charge >= 0.3 is 54.4 Å². The van der Waals surface area contributed by atoms with Crippen LogP contribution in [0.3, 0.4) is 0 Å². The summed E-state index contributed by atoms with van der Waals surface area (Å²) in [6, 6.07) is 0. The van der Waals surface area contributed by atoms with E-state index in [2.05, 4.69) is 20.6 Å². The number of nitrogens with one attached hydrogen (secondary N) is 1. The van der Waals surface area contributed by atoms with Crippen molar-refractivity contribution in [1.82, 2.24) is 5.32 Å². The van der Waals surface area contributed by atoms with Gasteiger partial charge < -0.3 is 0 Å². The third-order valence-corrected chi connectivity index (χ3v) is 0.604. The molecule has 0 heterocycles. The molecule has 0 fully saturated rings. The van der Waals surface area contributed by atoms with Gasteiger partial charge in [-0.05, 0) is 0 Å². The molecule has 0 atom stereocenters. The van der Waals surface area contributed by atoms with Crippen LogP contribution in [0, 0.1) is 0 Å². The summed E-state index contributed by atoms with van der Waals surface area (Å²) in [6.07, 6.45) is 2.84. The molecular weight excluding hydrogens is 151 g/mol. The minimum absolute atomic E-state index is 0.230. The second-order valence-corrected chi connectivity index (χ2v) is 1.31. The van der Waals surface area contributed by atoms with Crippen LogP contribution >= 0.6 is 0 Å². The summed E-state index contributed by atoms with van der Waals surface area (Å²) in [5.74, 6) is 0.230. The van der Waals surface area contributed by atoms with Crippen molar-refractivity contribution in [3.8, 4) is 0 Å². The van der Waals surface area contributed by atoms with Crippen LogP contribution in [0.5, 0.6) is 0 Å². The van der Waals surface area contributed by atoms with Gasteiger partial charge in [0, 0.05) is 0 Å². The van der Waals surface area contributed by atoms with E-state index in [0.29, 0.717) is 0 Å². The molecule has 0 aliphatic rings. The average Bonchev–Trinajstić information content (AvgIpc) is 1.68. The quantitative estimate of drug-likeness (QED) is 0.398. The Morgan fingerprint density at radius 2 is 2.50 bits per heavy atom. The monoisotopic (exact) mass is 156 g/mol. The van der Waals surface area contributed by atoms with E-state index in [1.165, 1.54) is 17.4 Å². The molecule has 0 aromatic rings. The molecule has 8 heavy (non-hydrogen) atoms. The number of nitrogens with two attached hydrogens (primary N) is 1. The van der Waals surface area contributed by atoms with E-state index in [1.54, 1.807) is 0 Å². The Morgan fingerprint density at radius 1 is 1.88 bits per heavy atom. The third-order valence-electron chi connectivity index (χ3n) is 0.430. The van der Waals surface area contributed by atoms with Crippen molar-refractivity contribution < 1.29 is 20.1 Å². The zero-order valence-corrected chi connectivity index (χ0v) is 5.01. The summed E-state index contributed by atoms with van der Waals surface area (Å²) in [5.41, 5.74) is 5.10. The summed E-state index contributed by atoms with van der Waals surface area (Å²) in [5, 5.41) is 2.10. The van der Waals surface area contributed by atoms with Crippen molar-refractivity contribution in [2.24, 2.45) is 5.73 Å². The third kappa shape index (κ3) is 3.57. The maximum atomic E-state index is 9.49. The summed E-state index contributed by atoms with van der Waals surface area (Å²) >= 11 is 3.74. The fraction of sp³-hybridized carbons (Fsp3) is 0. The van der Waals surface area contributed by atoms with Crippen molar-refractivity contribution in [3.63, 3.8) is 0 Å². The second-order valence-electron chi connectivity index (χ2n) is 0.960. The molecule has 3 N–H and O–H groups in total. The Hall–Kier alpha value is -0.614. The zero-order chi connectivity index (χ0) is 6.41. The van der Waals surface area contributed by atoms with Crippen LogP contribution < -0.4 is 11.1 Å². The van der Waals surface area contributed by atoms with E-state index in [9.17, 15) is 4.79 Å². The number of rotatable bonds is 3. The molecule has 1 amide bonds. The summed E-state index contributed by atoms with van der Waals surface area (Å²) in [7, 11) is 0. The zero-order valence-electron chi connectivity index (χ0n) is 3.97. The normalized spacial score (nSPS) is 10.4. The van der Waals surface area contributed by atoms with Crippen LogP contribution in [0.25, 0.3) is 0 Å². The number of carbonyl (C=O) groups excluding carboxylic acids is 1. The summed E-state index contributed by atoms with van der Waals surface area (Å²) < 4.78 is 0. The van der Waals surface area contributed by atoms with Crippen LogP contribution in [-0.4, -0.2) is 11.4 Å². The molecule has 0 spiro atoms. The first-order valence-corrected chi connectivity index (χ1v) is 2.41. The summed E-state index contributed by atoms with van der Waals surface area (Å²) in [6.45, 7) is 0. The standard InChI is InChI=1S/C4H5N2O.Co/c1-2-4(5)6-3-7;/h1-2H,5H2,(H,6,7);/q-1;/b4-2-;. The summed E-state index contributed by atoms with van der Waals surface area (Å²) in [4.78, 5) is 10.9. The minimum atomic E-state index is 0.230. The van der Waals surface area contributed by atoms with Gasteiger partial charge in [-0.1, -0.05) is 0 Å². The molecule has 0 aliphatic heterocycles. The molecule has 4 heteroatoms. The average molecular weight is 156 g/mol. The Labute approximate surface area is 55.1 Å². The molecule has 0 saturated carbocycles. The van der Waals surface area contributed by atoms with Gasteiger partial charge in [-0.15, -0.1) is 0 Å². The van der Waals surface area contributed by atoms with E-state index < -0.39 is 0 Å². The van der Waals surface area contributed by atoms with Gasteiger partial charge in [-0.3, -0.25) is 0 Å². The van der Waals surface area contributed by atoms with Gasteiger partial charge in [0.1, 0.15) is 0 Å². The van der Waals surface area contributed by atoms with Crippen LogP contribution in [0.15, 0.2) is 11.9 Å². The van der Waals surface area contributed by atoms with Crippen LogP contribution in [0.2, 0.25) is 0 Å². The number of amides is 1. The first-order chi connectivity index (χ1) is 3.81. The van der Waals surface area contributed by atoms with Gasteiger partial charge in [0.25, 0.3) is 0 Å². The fourth-order valence-corrected chi connectivity index (χ4v) is 0.347. The predicted octanol–water partition coefficient (Wildman–Crippen LogP) is -1.21. The molecule has 0 aromatic heterocycles. The van der Waals surface area contributed by atoms with Crippen molar-refractivity contribution in [3.05, 3.63) is 11.9 Å². The topological polar surface area (TPSA) is 55.1 Å². The van der Waals surface area contributed by atoms with Crippen LogP contribution in [0.1, 0.15) is 0 Å². The van der Waals surface area contributed by atoms with Crippen molar-refractivity contribution >= 4 is 11.4 Å². The molecule has 0 aliphatic carbocycles. The van der Waals surface area contributed by atoms with E-state index in [4.69, 9.17) is 5.73 Å². The Morgan fingerprint density at radius 3 is 2.88 bits per heavy atom. The molecule has 47 valence electrons. The van der Waals surface area contributed by atoms with Crippen LogP contribution in [0.4, 0.5) is 0 Å². The Bertz CT molecular complexity index is 121. The molecule has 0 bridgehead atoms.